The van der Waals surface area contributed by atoms with E-state index in [0.29, 0.717) is 11.3 Å². The summed E-state index contributed by atoms with van der Waals surface area (Å²) < 4.78 is 12.8. The molecular formula is C15H12FN3O4S. The third-order valence-electron chi connectivity index (χ3n) is 3.18. The summed E-state index contributed by atoms with van der Waals surface area (Å²) in [5.74, 6) is -0.343. The van der Waals surface area contributed by atoms with Crippen LogP contribution in [-0.2, 0) is 6.42 Å². The SMILES string of the molecule is O=[N+]([O-])c1ccc(NCC(=S)Cc2ccc(F)cc2)c([N+](=O)[O-])c1. The first-order valence-corrected chi connectivity index (χ1v) is 7.20. The number of benzene rings is 2. The molecule has 0 aliphatic heterocycles. The Morgan fingerprint density at radius 2 is 1.75 bits per heavy atom. The molecule has 0 spiro atoms. The monoisotopic (exact) mass is 349 g/mol. The Kier molecular flexibility index (Phi) is 5.48. The van der Waals surface area contributed by atoms with Gasteiger partial charge in [0.1, 0.15) is 11.5 Å². The standard InChI is InChI=1S/C15H12FN3O4S/c16-11-3-1-10(2-4-11)7-13(24)9-17-14-6-5-12(18(20)21)8-15(14)19(22)23/h1-6,8,17H,7,9H2. The van der Waals surface area contributed by atoms with Crippen molar-refractivity contribution < 1.29 is 14.2 Å². The number of hydrogen-bond acceptors (Lipinski definition) is 6. The van der Waals surface area contributed by atoms with Gasteiger partial charge in [0, 0.05) is 23.9 Å². The van der Waals surface area contributed by atoms with E-state index in [1.54, 1.807) is 12.1 Å². The number of thiocarbonyl (C=S) groups is 1. The molecule has 24 heavy (non-hydrogen) atoms. The molecule has 0 aromatic heterocycles. The summed E-state index contributed by atoms with van der Waals surface area (Å²) in [7, 11) is 0. The molecule has 2 aromatic rings. The second-order valence-corrected chi connectivity index (χ2v) is 5.49. The smallest absolute Gasteiger partial charge is 0.299 e. The van der Waals surface area contributed by atoms with E-state index in [1.165, 1.54) is 24.3 Å². The Balaban J connectivity index is 2.05. The molecule has 2 rings (SSSR count). The van der Waals surface area contributed by atoms with E-state index in [4.69, 9.17) is 12.2 Å². The minimum atomic E-state index is -0.698. The number of hydrogen-bond donors (Lipinski definition) is 1. The number of nitrogens with zero attached hydrogens (tertiary/aromatic N) is 2. The van der Waals surface area contributed by atoms with E-state index >= 15 is 0 Å². The number of nitrogens with one attached hydrogen (secondary N) is 1. The summed E-state index contributed by atoms with van der Waals surface area (Å²) >= 11 is 5.21. The summed E-state index contributed by atoms with van der Waals surface area (Å²) in [4.78, 5) is 20.9. The molecule has 0 aliphatic rings. The number of anilines is 1. The van der Waals surface area contributed by atoms with Crippen molar-refractivity contribution >= 4 is 34.1 Å². The van der Waals surface area contributed by atoms with Crippen molar-refractivity contribution in [2.45, 2.75) is 6.42 Å². The van der Waals surface area contributed by atoms with Crippen LogP contribution in [0.1, 0.15) is 5.56 Å². The van der Waals surface area contributed by atoms with Gasteiger partial charge in [-0.3, -0.25) is 20.2 Å². The van der Waals surface area contributed by atoms with Crippen LogP contribution in [-0.4, -0.2) is 21.3 Å². The molecule has 0 radical (unpaired) electrons. The molecule has 0 aliphatic carbocycles. The van der Waals surface area contributed by atoms with Gasteiger partial charge < -0.3 is 5.32 Å². The summed E-state index contributed by atoms with van der Waals surface area (Å²) in [5.41, 5.74) is 0.211. The van der Waals surface area contributed by atoms with Crippen LogP contribution < -0.4 is 5.32 Å². The molecule has 0 amide bonds. The van der Waals surface area contributed by atoms with E-state index in [2.05, 4.69) is 5.32 Å². The minimum Gasteiger partial charge on any atom is -0.375 e. The topological polar surface area (TPSA) is 98.3 Å². The lowest BCUT2D eigenvalue weighted by atomic mass is 10.1. The number of halogens is 1. The van der Waals surface area contributed by atoms with Crippen LogP contribution in [0.4, 0.5) is 21.5 Å². The molecule has 0 atom stereocenters. The van der Waals surface area contributed by atoms with Crippen LogP contribution in [0.5, 0.6) is 0 Å². The summed E-state index contributed by atoms with van der Waals surface area (Å²) in [6, 6.07) is 9.21. The van der Waals surface area contributed by atoms with Crippen molar-refractivity contribution in [2.24, 2.45) is 0 Å². The number of nitro benzene ring substituents is 2. The van der Waals surface area contributed by atoms with E-state index < -0.39 is 15.5 Å². The normalized spacial score (nSPS) is 10.2. The Morgan fingerprint density at radius 1 is 1.08 bits per heavy atom. The first kappa shape index (κ1) is 17.4. The maximum Gasteiger partial charge on any atom is 0.299 e. The van der Waals surface area contributed by atoms with Crippen molar-refractivity contribution in [1.82, 2.24) is 0 Å². The summed E-state index contributed by atoms with van der Waals surface area (Å²) in [6.45, 7) is 0.172. The van der Waals surface area contributed by atoms with Crippen molar-refractivity contribution in [2.75, 3.05) is 11.9 Å². The predicted molar refractivity (Wildman–Crippen MR) is 90.9 cm³/mol. The molecule has 0 bridgehead atoms. The molecule has 0 fully saturated rings. The van der Waals surface area contributed by atoms with Crippen LogP contribution in [0.3, 0.4) is 0 Å². The van der Waals surface area contributed by atoms with E-state index in [-0.39, 0.29) is 23.7 Å². The van der Waals surface area contributed by atoms with Gasteiger partial charge >= 0.3 is 0 Å². The van der Waals surface area contributed by atoms with E-state index in [1.807, 2.05) is 0 Å². The quantitative estimate of drug-likeness (QED) is 0.465. The predicted octanol–water partition coefficient (Wildman–Crippen LogP) is 3.67. The zero-order chi connectivity index (χ0) is 17.7. The lowest BCUT2D eigenvalue weighted by Crippen LogP contribution is -2.15. The van der Waals surface area contributed by atoms with Crippen LogP contribution >= 0.6 is 12.2 Å². The molecule has 0 heterocycles. The fourth-order valence-corrected chi connectivity index (χ4v) is 2.26. The van der Waals surface area contributed by atoms with Gasteiger partial charge in [-0.15, -0.1) is 0 Å². The van der Waals surface area contributed by atoms with Crippen LogP contribution in [0, 0.1) is 26.0 Å². The minimum absolute atomic E-state index is 0.145. The number of non-ortho nitro benzene ring substituents is 1. The highest BCUT2D eigenvalue weighted by atomic mass is 32.1. The van der Waals surface area contributed by atoms with Crippen molar-refractivity contribution in [3.8, 4) is 0 Å². The maximum absolute atomic E-state index is 12.8. The summed E-state index contributed by atoms with van der Waals surface area (Å²) in [6.07, 6.45) is 0.406. The summed E-state index contributed by atoms with van der Waals surface area (Å²) in [5, 5.41) is 24.5. The third-order valence-corrected chi connectivity index (χ3v) is 3.47. The van der Waals surface area contributed by atoms with E-state index in [0.717, 1.165) is 11.6 Å². The zero-order valence-corrected chi connectivity index (χ0v) is 13.1. The van der Waals surface area contributed by atoms with Crippen molar-refractivity contribution in [3.05, 3.63) is 74.1 Å². The Bertz CT molecular complexity index is 796. The Labute approximate surface area is 141 Å². The van der Waals surface area contributed by atoms with Gasteiger partial charge in [-0.2, -0.15) is 0 Å². The molecular weight excluding hydrogens is 337 g/mol. The fourth-order valence-electron chi connectivity index (χ4n) is 2.02. The molecule has 1 N–H and O–H groups in total. The molecule has 7 nitrogen and oxygen atoms in total. The van der Waals surface area contributed by atoms with E-state index in [9.17, 15) is 24.6 Å². The third kappa shape index (κ3) is 4.53. The van der Waals surface area contributed by atoms with Gasteiger partial charge in [0.2, 0.25) is 0 Å². The number of nitro groups is 2. The van der Waals surface area contributed by atoms with Gasteiger partial charge in [0.05, 0.1) is 15.9 Å². The fraction of sp³-hybridized carbons (Fsp3) is 0.133. The largest absolute Gasteiger partial charge is 0.375 e. The average Bonchev–Trinajstić information content (AvgIpc) is 2.54. The van der Waals surface area contributed by atoms with Crippen molar-refractivity contribution in [1.29, 1.82) is 0 Å². The second-order valence-electron chi connectivity index (χ2n) is 4.91. The molecule has 124 valence electrons. The zero-order valence-electron chi connectivity index (χ0n) is 12.3. The number of rotatable bonds is 7. The average molecular weight is 349 g/mol. The highest BCUT2D eigenvalue weighted by Gasteiger charge is 2.19. The van der Waals surface area contributed by atoms with Gasteiger partial charge in [-0.25, -0.2) is 4.39 Å². The first-order valence-electron chi connectivity index (χ1n) is 6.79. The van der Waals surface area contributed by atoms with Crippen LogP contribution in [0.15, 0.2) is 42.5 Å². The van der Waals surface area contributed by atoms with Crippen molar-refractivity contribution in [3.63, 3.8) is 0 Å². The molecule has 0 saturated heterocycles. The Hall–Kier alpha value is -2.94. The Morgan fingerprint density at radius 3 is 2.33 bits per heavy atom. The molecule has 0 unspecified atom stereocenters. The van der Waals surface area contributed by atoms with Gasteiger partial charge in [-0.1, -0.05) is 24.4 Å². The molecule has 9 heteroatoms. The highest BCUT2D eigenvalue weighted by molar-refractivity contribution is 7.80. The van der Waals surface area contributed by atoms with Gasteiger partial charge in [0.15, 0.2) is 0 Å². The van der Waals surface area contributed by atoms with Gasteiger partial charge in [-0.05, 0) is 23.8 Å². The highest BCUT2D eigenvalue weighted by Crippen LogP contribution is 2.28. The first-order chi connectivity index (χ1) is 11.4. The molecule has 0 saturated carbocycles. The van der Waals surface area contributed by atoms with Crippen LogP contribution in [0.25, 0.3) is 0 Å². The maximum atomic E-state index is 12.8. The molecule has 2 aromatic carbocycles. The van der Waals surface area contributed by atoms with Crippen LogP contribution in [0.2, 0.25) is 0 Å². The lowest BCUT2D eigenvalue weighted by Gasteiger charge is -2.08. The second kappa shape index (κ2) is 7.55. The lowest BCUT2D eigenvalue weighted by molar-refractivity contribution is -0.393. The van der Waals surface area contributed by atoms with Gasteiger partial charge in [0.25, 0.3) is 11.4 Å².